The minimum atomic E-state index is -2.87. The molecular formula is C28H31F2N7O2. The summed E-state index contributed by atoms with van der Waals surface area (Å²) in [5.74, 6) is -2.95. The van der Waals surface area contributed by atoms with E-state index in [-0.39, 0.29) is 36.3 Å². The van der Waals surface area contributed by atoms with Crippen LogP contribution in [-0.4, -0.2) is 67.8 Å². The summed E-state index contributed by atoms with van der Waals surface area (Å²) < 4.78 is 30.3. The maximum absolute atomic E-state index is 14.2. The largest absolute Gasteiger partial charge is 0.508 e. The number of hydrogen-bond donors (Lipinski definition) is 3. The Morgan fingerprint density at radius 1 is 1.23 bits per heavy atom. The van der Waals surface area contributed by atoms with Gasteiger partial charge in [-0.3, -0.25) is 9.48 Å². The van der Waals surface area contributed by atoms with Gasteiger partial charge in [-0.15, -0.1) is 0 Å². The monoisotopic (exact) mass is 535 g/mol. The Balaban J connectivity index is 1.53. The lowest BCUT2D eigenvalue weighted by Crippen LogP contribution is -2.38. The number of anilines is 1. The topological polar surface area (TPSA) is 108 Å². The predicted octanol–water partition coefficient (Wildman–Crippen LogP) is 4.13. The summed E-state index contributed by atoms with van der Waals surface area (Å²) in [5.41, 5.74) is 4.43. The first-order valence-electron chi connectivity index (χ1n) is 12.8. The number of hydrogen-bond acceptors (Lipinski definition) is 7. The molecule has 39 heavy (non-hydrogen) atoms. The van der Waals surface area contributed by atoms with Crippen molar-refractivity contribution in [3.63, 3.8) is 0 Å². The average Bonchev–Trinajstić information content (AvgIpc) is 3.42. The van der Waals surface area contributed by atoms with E-state index >= 15 is 0 Å². The van der Waals surface area contributed by atoms with Crippen LogP contribution in [0.5, 0.6) is 5.75 Å². The molecule has 11 heteroatoms. The highest BCUT2D eigenvalue weighted by atomic mass is 19.3. The van der Waals surface area contributed by atoms with Gasteiger partial charge in [0.1, 0.15) is 17.5 Å². The number of benzene rings is 2. The van der Waals surface area contributed by atoms with E-state index in [0.29, 0.717) is 28.7 Å². The zero-order valence-corrected chi connectivity index (χ0v) is 22.3. The summed E-state index contributed by atoms with van der Waals surface area (Å²) in [7, 11) is 1.69. The van der Waals surface area contributed by atoms with Crippen molar-refractivity contribution in [1.29, 1.82) is 0 Å². The smallest absolute Gasteiger partial charge is 0.281 e. The second kappa shape index (κ2) is 10.2. The van der Waals surface area contributed by atoms with E-state index in [0.717, 1.165) is 23.4 Å². The van der Waals surface area contributed by atoms with E-state index < -0.39 is 12.0 Å². The fourth-order valence-corrected chi connectivity index (χ4v) is 4.88. The zero-order chi connectivity index (χ0) is 27.9. The maximum Gasteiger partial charge on any atom is 0.281 e. The van der Waals surface area contributed by atoms with Crippen molar-refractivity contribution in [2.24, 2.45) is 0 Å². The van der Waals surface area contributed by atoms with Crippen molar-refractivity contribution in [2.75, 3.05) is 25.5 Å². The number of phenolic OH excluding ortho intramolecular Hbond substituents is 1. The Hall–Kier alpha value is -4.12. The van der Waals surface area contributed by atoms with E-state index in [1.165, 1.54) is 12.1 Å². The van der Waals surface area contributed by atoms with E-state index in [1.54, 1.807) is 36.3 Å². The van der Waals surface area contributed by atoms with Crippen LogP contribution in [0.3, 0.4) is 0 Å². The quantitative estimate of drug-likeness (QED) is 0.327. The molecule has 0 bridgehead atoms. The third-order valence-electron chi connectivity index (χ3n) is 7.04. The van der Waals surface area contributed by atoms with Gasteiger partial charge < -0.3 is 20.6 Å². The summed E-state index contributed by atoms with van der Waals surface area (Å²) in [6.45, 7) is 6.65. The number of nitrogens with one attached hydrogen (secondary N) is 2. The Kier molecular flexibility index (Phi) is 6.94. The van der Waals surface area contributed by atoms with Gasteiger partial charge >= 0.3 is 0 Å². The van der Waals surface area contributed by atoms with E-state index in [9.17, 15) is 18.7 Å². The highest BCUT2D eigenvalue weighted by Gasteiger charge is 2.44. The minimum Gasteiger partial charge on any atom is -0.508 e. The second-order valence-corrected chi connectivity index (χ2v) is 10.0. The van der Waals surface area contributed by atoms with E-state index in [1.807, 2.05) is 31.5 Å². The van der Waals surface area contributed by atoms with Gasteiger partial charge in [0.2, 0.25) is 0 Å². The maximum atomic E-state index is 14.2. The number of carbonyl (C=O) groups excluding carboxylic acids is 1. The molecule has 1 atom stereocenters. The molecule has 2 aromatic heterocycles. The van der Waals surface area contributed by atoms with Crippen LogP contribution in [0.2, 0.25) is 0 Å². The number of fused-ring (bicyclic) bond motifs is 1. The first-order chi connectivity index (χ1) is 18.6. The van der Waals surface area contributed by atoms with Gasteiger partial charge in [0, 0.05) is 54.6 Å². The van der Waals surface area contributed by atoms with Crippen molar-refractivity contribution in [3.8, 4) is 17.1 Å². The van der Waals surface area contributed by atoms with E-state index in [2.05, 4.69) is 25.7 Å². The first kappa shape index (κ1) is 26.5. The molecule has 3 N–H and O–H groups in total. The fourth-order valence-electron chi connectivity index (χ4n) is 4.88. The molecule has 9 nitrogen and oxygen atoms in total. The third kappa shape index (κ3) is 5.26. The summed E-state index contributed by atoms with van der Waals surface area (Å²) in [4.78, 5) is 24.5. The molecule has 204 valence electrons. The van der Waals surface area contributed by atoms with Crippen LogP contribution >= 0.6 is 0 Å². The van der Waals surface area contributed by atoms with Crippen LogP contribution in [0.4, 0.5) is 14.5 Å². The second-order valence-electron chi connectivity index (χ2n) is 10.0. The standard InChI is InChI=1S/C28H31F2N7O2/c1-5-37-17(3)19(12-32-37)14-36(4)27(39)25-22-11-21(38)6-7-23(22)34-26(35-25)18-8-16(2)9-20(10-18)33-24-13-31-15-28(24,29)30/h6-12,24,31,33,38H,5,13-15H2,1-4H3. The average molecular weight is 536 g/mol. The SMILES string of the molecule is CCn1ncc(CN(C)C(=O)c2nc(-c3cc(C)cc(NC4CNCC4(F)F)c3)nc3ccc(O)cc23)c1C. The van der Waals surface area contributed by atoms with Crippen LogP contribution in [0.1, 0.15) is 34.2 Å². The molecule has 1 aliphatic heterocycles. The van der Waals surface area contributed by atoms with Crippen molar-refractivity contribution >= 4 is 22.5 Å². The molecule has 5 rings (SSSR count). The van der Waals surface area contributed by atoms with Gasteiger partial charge in [0.05, 0.1) is 18.3 Å². The molecule has 3 heterocycles. The van der Waals surface area contributed by atoms with Crippen LogP contribution < -0.4 is 10.6 Å². The van der Waals surface area contributed by atoms with Crippen LogP contribution in [0.25, 0.3) is 22.3 Å². The number of rotatable bonds is 7. The third-order valence-corrected chi connectivity index (χ3v) is 7.04. The Morgan fingerprint density at radius 3 is 2.72 bits per heavy atom. The number of aromatic hydroxyl groups is 1. The summed E-state index contributed by atoms with van der Waals surface area (Å²) >= 11 is 0. The van der Waals surface area contributed by atoms with Gasteiger partial charge in [-0.25, -0.2) is 18.7 Å². The number of aryl methyl sites for hydroxylation is 2. The highest BCUT2D eigenvalue weighted by molar-refractivity contribution is 6.05. The zero-order valence-electron chi connectivity index (χ0n) is 22.3. The Bertz CT molecular complexity index is 1550. The first-order valence-corrected chi connectivity index (χ1v) is 12.8. The highest BCUT2D eigenvalue weighted by Crippen LogP contribution is 2.30. The molecule has 1 unspecified atom stereocenters. The molecule has 0 aliphatic carbocycles. The van der Waals surface area contributed by atoms with Gasteiger partial charge in [0.15, 0.2) is 5.82 Å². The summed E-state index contributed by atoms with van der Waals surface area (Å²) in [6, 6.07) is 8.90. The molecule has 1 amide bonds. The molecule has 4 aromatic rings. The lowest BCUT2D eigenvalue weighted by atomic mass is 10.1. The molecule has 1 saturated heterocycles. The van der Waals surface area contributed by atoms with Crippen molar-refractivity contribution in [1.82, 2.24) is 30.0 Å². The van der Waals surface area contributed by atoms with E-state index in [4.69, 9.17) is 0 Å². The summed E-state index contributed by atoms with van der Waals surface area (Å²) in [6.07, 6.45) is 1.75. The fraction of sp³-hybridized carbons (Fsp3) is 0.357. The van der Waals surface area contributed by atoms with Crippen LogP contribution in [-0.2, 0) is 13.1 Å². The van der Waals surface area contributed by atoms with Gasteiger partial charge in [-0.1, -0.05) is 0 Å². The Labute approximate surface area is 224 Å². The molecule has 0 spiro atoms. The van der Waals surface area contributed by atoms with Gasteiger partial charge in [-0.2, -0.15) is 5.10 Å². The lowest BCUT2D eigenvalue weighted by Gasteiger charge is -2.21. The molecule has 1 fully saturated rings. The molecule has 1 aliphatic rings. The van der Waals surface area contributed by atoms with Gasteiger partial charge in [-0.05, 0) is 62.7 Å². The van der Waals surface area contributed by atoms with Crippen molar-refractivity contribution in [2.45, 2.75) is 45.8 Å². The molecule has 2 aromatic carbocycles. The summed E-state index contributed by atoms with van der Waals surface area (Å²) in [5, 5.41) is 20.6. The number of amides is 1. The predicted molar refractivity (Wildman–Crippen MR) is 145 cm³/mol. The normalized spacial score (nSPS) is 16.5. The van der Waals surface area contributed by atoms with Crippen molar-refractivity contribution in [3.05, 3.63) is 65.1 Å². The van der Waals surface area contributed by atoms with Crippen LogP contribution in [0, 0.1) is 13.8 Å². The number of aromatic nitrogens is 4. The number of carbonyl (C=O) groups is 1. The minimum absolute atomic E-state index is 0.0104. The lowest BCUT2D eigenvalue weighted by molar-refractivity contribution is 0.0139. The number of alkyl halides is 2. The molecule has 0 radical (unpaired) electrons. The number of nitrogens with zero attached hydrogens (tertiary/aromatic N) is 5. The molecule has 0 saturated carbocycles. The Morgan fingerprint density at radius 2 is 2.03 bits per heavy atom. The number of phenols is 1. The van der Waals surface area contributed by atoms with Crippen molar-refractivity contribution < 1.29 is 18.7 Å². The van der Waals surface area contributed by atoms with Crippen LogP contribution in [0.15, 0.2) is 42.6 Å². The molecular weight excluding hydrogens is 504 g/mol. The van der Waals surface area contributed by atoms with Gasteiger partial charge in [0.25, 0.3) is 11.8 Å². The number of halogens is 2.